The molecule has 0 bridgehead atoms. The average Bonchev–Trinajstić information content (AvgIpc) is 3.01. The number of nitrogen functional groups attached to an aromatic ring is 1. The van der Waals surface area contributed by atoms with Crippen molar-refractivity contribution in [2.45, 2.75) is 39.7 Å². The van der Waals surface area contributed by atoms with Crippen molar-refractivity contribution in [2.24, 2.45) is 5.41 Å². The number of hydrogen-bond acceptors (Lipinski definition) is 4. The zero-order chi connectivity index (χ0) is 12.6. The molecule has 4 N–H and O–H groups in total. The van der Waals surface area contributed by atoms with E-state index in [0.29, 0.717) is 5.69 Å². The number of nitrogens with zero attached hydrogens (tertiary/aromatic N) is 2. The van der Waals surface area contributed by atoms with E-state index in [1.807, 2.05) is 11.6 Å². The van der Waals surface area contributed by atoms with Gasteiger partial charge in [0.05, 0.1) is 18.0 Å². The number of hydrogen-bond donors (Lipinski definition) is 3. The smallest absolute Gasteiger partial charge is 0.148 e. The summed E-state index contributed by atoms with van der Waals surface area (Å²) in [6.45, 7) is 7.09. The Balaban J connectivity index is 2.14. The topological polar surface area (TPSA) is 76.1 Å². The molecular formula is C12H22N4O. The lowest BCUT2D eigenvalue weighted by Gasteiger charge is -2.17. The fraction of sp³-hybridized carbons (Fsp3) is 0.750. The molecule has 5 nitrogen and oxygen atoms in total. The summed E-state index contributed by atoms with van der Waals surface area (Å²) in [4.78, 5) is 0. The van der Waals surface area contributed by atoms with Crippen molar-refractivity contribution >= 4 is 11.5 Å². The van der Waals surface area contributed by atoms with Crippen LogP contribution in [0, 0.1) is 12.3 Å². The summed E-state index contributed by atoms with van der Waals surface area (Å²) in [6, 6.07) is 0.276. The highest BCUT2D eigenvalue weighted by molar-refractivity contribution is 5.65. The third kappa shape index (κ3) is 2.24. The van der Waals surface area contributed by atoms with Crippen LogP contribution in [0.25, 0.3) is 0 Å². The number of rotatable bonds is 5. The Morgan fingerprint density at radius 3 is 2.65 bits per heavy atom. The van der Waals surface area contributed by atoms with Crippen LogP contribution in [0.15, 0.2) is 0 Å². The molecule has 1 saturated carbocycles. The van der Waals surface area contributed by atoms with E-state index in [1.54, 1.807) is 0 Å². The minimum Gasteiger partial charge on any atom is -0.396 e. The van der Waals surface area contributed by atoms with Crippen LogP contribution in [0.4, 0.5) is 11.5 Å². The van der Waals surface area contributed by atoms with Gasteiger partial charge in [-0.2, -0.15) is 5.10 Å². The van der Waals surface area contributed by atoms with Crippen molar-refractivity contribution in [3.05, 3.63) is 5.69 Å². The van der Waals surface area contributed by atoms with Crippen molar-refractivity contribution in [3.63, 3.8) is 0 Å². The summed E-state index contributed by atoms with van der Waals surface area (Å²) in [5.74, 6) is 0.886. The molecule has 1 aliphatic carbocycles. The second-order valence-electron chi connectivity index (χ2n) is 5.40. The van der Waals surface area contributed by atoms with Crippen LogP contribution < -0.4 is 11.1 Å². The van der Waals surface area contributed by atoms with Gasteiger partial charge in [-0.25, -0.2) is 4.68 Å². The fourth-order valence-corrected chi connectivity index (χ4v) is 1.95. The molecule has 1 aliphatic rings. The number of anilines is 2. The molecule has 1 fully saturated rings. The molecule has 0 aromatic carbocycles. The molecule has 0 atom stereocenters. The summed E-state index contributed by atoms with van der Waals surface area (Å²) >= 11 is 0. The first-order valence-electron chi connectivity index (χ1n) is 6.18. The predicted octanol–water partition coefficient (Wildman–Crippen LogP) is 1.54. The molecule has 5 heteroatoms. The zero-order valence-corrected chi connectivity index (χ0v) is 10.8. The molecule has 0 amide bonds. The Bertz CT molecular complexity index is 407. The lowest BCUT2D eigenvalue weighted by atomic mass is 10.1. The van der Waals surface area contributed by atoms with Crippen molar-refractivity contribution in [1.82, 2.24) is 9.78 Å². The lowest BCUT2D eigenvalue weighted by molar-refractivity contribution is 0.219. The van der Waals surface area contributed by atoms with E-state index in [-0.39, 0.29) is 18.1 Å². The third-order valence-electron chi connectivity index (χ3n) is 3.54. The molecule has 1 aromatic rings. The molecule has 0 unspecified atom stereocenters. The Morgan fingerprint density at radius 1 is 1.53 bits per heavy atom. The fourth-order valence-electron chi connectivity index (χ4n) is 1.95. The first-order valence-corrected chi connectivity index (χ1v) is 6.18. The maximum Gasteiger partial charge on any atom is 0.148 e. The highest BCUT2D eigenvalue weighted by atomic mass is 16.3. The summed E-state index contributed by atoms with van der Waals surface area (Å²) in [7, 11) is 0. The van der Waals surface area contributed by atoms with E-state index in [4.69, 9.17) is 5.73 Å². The van der Waals surface area contributed by atoms with E-state index in [0.717, 1.165) is 30.9 Å². The Labute approximate surface area is 102 Å². The van der Waals surface area contributed by atoms with Gasteiger partial charge in [0.25, 0.3) is 0 Å². The molecule has 0 radical (unpaired) electrons. The number of nitrogens with one attached hydrogen (secondary N) is 1. The minimum atomic E-state index is 0.0758. The van der Waals surface area contributed by atoms with E-state index < -0.39 is 0 Å². The van der Waals surface area contributed by atoms with Crippen LogP contribution in [-0.2, 0) is 0 Å². The third-order valence-corrected chi connectivity index (χ3v) is 3.54. The van der Waals surface area contributed by atoms with Crippen molar-refractivity contribution < 1.29 is 5.11 Å². The van der Waals surface area contributed by atoms with Gasteiger partial charge in [-0.3, -0.25) is 0 Å². The molecule has 0 saturated heterocycles. The summed E-state index contributed by atoms with van der Waals surface area (Å²) in [6.07, 6.45) is 2.18. The predicted molar refractivity (Wildman–Crippen MR) is 69.0 cm³/mol. The second kappa shape index (κ2) is 4.22. The van der Waals surface area contributed by atoms with Crippen molar-refractivity contribution in [2.75, 3.05) is 24.2 Å². The van der Waals surface area contributed by atoms with Gasteiger partial charge in [-0.15, -0.1) is 0 Å². The molecule has 1 heterocycles. The number of aromatic nitrogens is 2. The van der Waals surface area contributed by atoms with Crippen LogP contribution >= 0.6 is 0 Å². The number of aliphatic hydroxyl groups excluding tert-OH is 1. The largest absolute Gasteiger partial charge is 0.396 e. The van der Waals surface area contributed by atoms with Gasteiger partial charge in [-0.05, 0) is 33.6 Å². The highest BCUT2D eigenvalue weighted by Gasteiger charge is 2.42. The van der Waals surface area contributed by atoms with Crippen LogP contribution in [0.3, 0.4) is 0 Å². The Hall–Kier alpha value is -1.23. The molecule has 1 aromatic heterocycles. The van der Waals surface area contributed by atoms with Crippen molar-refractivity contribution in [1.29, 1.82) is 0 Å². The maximum absolute atomic E-state index is 9.29. The lowest BCUT2D eigenvalue weighted by Crippen LogP contribution is -2.21. The van der Waals surface area contributed by atoms with Gasteiger partial charge in [0.2, 0.25) is 0 Å². The number of nitrogens with two attached hydrogens (primary N) is 1. The quantitative estimate of drug-likeness (QED) is 0.727. The molecule has 96 valence electrons. The van der Waals surface area contributed by atoms with Gasteiger partial charge in [-0.1, -0.05) is 0 Å². The van der Waals surface area contributed by atoms with Crippen LogP contribution in [-0.4, -0.2) is 28.0 Å². The van der Waals surface area contributed by atoms with Crippen LogP contribution in [0.2, 0.25) is 0 Å². The Kier molecular flexibility index (Phi) is 3.03. The highest BCUT2D eigenvalue weighted by Crippen LogP contribution is 2.45. The van der Waals surface area contributed by atoms with Crippen LogP contribution in [0.1, 0.15) is 38.4 Å². The van der Waals surface area contributed by atoms with Crippen molar-refractivity contribution in [3.8, 4) is 0 Å². The summed E-state index contributed by atoms with van der Waals surface area (Å²) in [5, 5.41) is 17.1. The molecule has 17 heavy (non-hydrogen) atoms. The molecule has 2 rings (SSSR count). The molecule has 0 spiro atoms. The standard InChI is InChI=1S/C12H22N4O/c1-8(2)16-11(10(13)9(3)15-16)14-6-12(7-17)4-5-12/h8,14,17H,4-7,13H2,1-3H3. The monoisotopic (exact) mass is 238 g/mol. The number of aryl methyl sites for hydroxylation is 1. The van der Waals surface area contributed by atoms with Gasteiger partial charge < -0.3 is 16.2 Å². The van der Waals surface area contributed by atoms with Crippen LogP contribution in [0.5, 0.6) is 0 Å². The number of aliphatic hydroxyl groups is 1. The first-order chi connectivity index (χ1) is 7.99. The second-order valence-corrected chi connectivity index (χ2v) is 5.40. The minimum absolute atomic E-state index is 0.0758. The van der Waals surface area contributed by atoms with Gasteiger partial charge in [0.1, 0.15) is 5.82 Å². The van der Waals surface area contributed by atoms with Gasteiger partial charge in [0, 0.05) is 18.0 Å². The zero-order valence-electron chi connectivity index (χ0n) is 10.8. The van der Waals surface area contributed by atoms with E-state index in [9.17, 15) is 5.11 Å². The van der Waals surface area contributed by atoms with E-state index in [2.05, 4.69) is 24.3 Å². The van der Waals surface area contributed by atoms with Gasteiger partial charge in [0.15, 0.2) is 0 Å². The molecular weight excluding hydrogens is 216 g/mol. The maximum atomic E-state index is 9.29. The Morgan fingerprint density at radius 2 is 2.18 bits per heavy atom. The summed E-state index contributed by atoms with van der Waals surface area (Å²) < 4.78 is 1.91. The van der Waals surface area contributed by atoms with E-state index >= 15 is 0 Å². The average molecular weight is 238 g/mol. The SMILES string of the molecule is Cc1nn(C(C)C)c(NCC2(CO)CC2)c1N. The summed E-state index contributed by atoms with van der Waals surface area (Å²) in [5.41, 5.74) is 7.67. The molecule has 0 aliphatic heterocycles. The first kappa shape index (κ1) is 12.2. The normalized spacial score (nSPS) is 17.5. The van der Waals surface area contributed by atoms with E-state index in [1.165, 1.54) is 0 Å². The van der Waals surface area contributed by atoms with Gasteiger partial charge >= 0.3 is 0 Å².